The number of alkyl halides is 6. The quantitative estimate of drug-likeness (QED) is 0.784. The van der Waals surface area contributed by atoms with E-state index in [0.717, 1.165) is 4.90 Å². The molecule has 1 saturated heterocycles. The van der Waals surface area contributed by atoms with Crippen molar-refractivity contribution in [2.75, 3.05) is 19.6 Å². The van der Waals surface area contributed by atoms with Gasteiger partial charge in [-0.1, -0.05) is 0 Å². The maximum atomic E-state index is 12.8. The van der Waals surface area contributed by atoms with Crippen molar-refractivity contribution >= 4 is 11.9 Å². The van der Waals surface area contributed by atoms with E-state index in [1.54, 1.807) is 0 Å². The number of hydrogen-bond acceptors (Lipinski definition) is 3. The minimum absolute atomic E-state index is 0.0146. The molecule has 1 heterocycles. The topological polar surface area (TPSA) is 69.6 Å². The molecule has 0 saturated carbocycles. The number of halogens is 6. The fraction of sp³-hybridized carbons (Fsp3) is 0.467. The third-order valence-corrected chi connectivity index (χ3v) is 3.83. The third-order valence-electron chi connectivity index (χ3n) is 3.83. The normalized spacial score (nSPS) is 18.7. The summed E-state index contributed by atoms with van der Waals surface area (Å²) in [5.41, 5.74) is -3.44. The van der Waals surface area contributed by atoms with Gasteiger partial charge in [-0.2, -0.15) is 26.3 Å². The van der Waals surface area contributed by atoms with Crippen LogP contribution in [-0.4, -0.2) is 47.6 Å². The predicted octanol–water partition coefficient (Wildman–Crippen LogP) is 2.15. The van der Waals surface area contributed by atoms with Crippen molar-refractivity contribution in [2.24, 2.45) is 0 Å². The molecular formula is C15H14F6N2O3. The Balaban J connectivity index is 2.25. The van der Waals surface area contributed by atoms with Crippen LogP contribution in [0.3, 0.4) is 0 Å². The maximum absolute atomic E-state index is 12.8. The Morgan fingerprint density at radius 3 is 2.08 bits per heavy atom. The van der Waals surface area contributed by atoms with E-state index in [9.17, 15) is 35.9 Å². The zero-order valence-electron chi connectivity index (χ0n) is 13.1. The molecule has 0 spiro atoms. The third kappa shape index (κ3) is 4.87. The van der Waals surface area contributed by atoms with Crippen molar-refractivity contribution in [3.63, 3.8) is 0 Å². The van der Waals surface area contributed by atoms with Crippen LogP contribution in [0, 0.1) is 0 Å². The fourth-order valence-electron chi connectivity index (χ4n) is 2.55. The van der Waals surface area contributed by atoms with Crippen molar-refractivity contribution < 1.29 is 41.0 Å². The summed E-state index contributed by atoms with van der Waals surface area (Å²) in [6.07, 6.45) is -10.7. The van der Waals surface area contributed by atoms with Gasteiger partial charge in [0.25, 0.3) is 0 Å². The summed E-state index contributed by atoms with van der Waals surface area (Å²) < 4.78 is 77.0. The van der Waals surface area contributed by atoms with Gasteiger partial charge in [-0.25, -0.2) is 0 Å². The number of piperazine rings is 1. The van der Waals surface area contributed by atoms with E-state index in [0.29, 0.717) is 12.1 Å². The smallest absolute Gasteiger partial charge is 0.416 e. The summed E-state index contributed by atoms with van der Waals surface area (Å²) in [6.45, 7) is 0.0338. The monoisotopic (exact) mass is 384 g/mol. The maximum Gasteiger partial charge on any atom is 0.416 e. The van der Waals surface area contributed by atoms with Crippen LogP contribution in [0.4, 0.5) is 26.3 Å². The summed E-state index contributed by atoms with van der Waals surface area (Å²) in [5, 5.41) is 11.6. The number of nitrogens with one attached hydrogen (secondary N) is 1. The minimum Gasteiger partial charge on any atom is -0.480 e. The molecule has 11 heteroatoms. The first-order valence-electron chi connectivity index (χ1n) is 7.40. The molecule has 0 bridgehead atoms. The predicted molar refractivity (Wildman–Crippen MR) is 76.2 cm³/mol. The zero-order chi connectivity index (χ0) is 19.7. The van der Waals surface area contributed by atoms with E-state index in [2.05, 4.69) is 5.32 Å². The fourth-order valence-corrected chi connectivity index (χ4v) is 2.55. The van der Waals surface area contributed by atoms with Crippen LogP contribution >= 0.6 is 0 Å². The number of hydrogen-bond donors (Lipinski definition) is 2. The van der Waals surface area contributed by atoms with Gasteiger partial charge in [0.1, 0.15) is 6.04 Å². The molecule has 0 aliphatic carbocycles. The molecule has 0 aromatic heterocycles. The average molecular weight is 384 g/mol. The van der Waals surface area contributed by atoms with Gasteiger partial charge < -0.3 is 15.3 Å². The highest BCUT2D eigenvalue weighted by molar-refractivity contribution is 5.81. The SMILES string of the molecule is O=C(O)[C@@H]1CN(C(=O)Cc2cc(C(F)(F)F)cc(C(F)(F)F)c2)CCN1. The van der Waals surface area contributed by atoms with Crippen LogP contribution in [0.2, 0.25) is 0 Å². The van der Waals surface area contributed by atoms with Crippen LogP contribution in [0.5, 0.6) is 0 Å². The number of carboxylic acids is 1. The van der Waals surface area contributed by atoms with Gasteiger partial charge in [-0.3, -0.25) is 9.59 Å². The first kappa shape index (κ1) is 20.0. The van der Waals surface area contributed by atoms with Crippen molar-refractivity contribution in [3.8, 4) is 0 Å². The molecule has 1 aliphatic rings. The second-order valence-electron chi connectivity index (χ2n) is 5.78. The highest BCUT2D eigenvalue weighted by Gasteiger charge is 2.37. The van der Waals surface area contributed by atoms with E-state index in [1.165, 1.54) is 0 Å². The lowest BCUT2D eigenvalue weighted by Crippen LogP contribution is -2.56. The first-order valence-corrected chi connectivity index (χ1v) is 7.40. The summed E-state index contributed by atoms with van der Waals surface area (Å²) in [4.78, 5) is 24.2. The number of aliphatic carboxylic acids is 1. The Morgan fingerprint density at radius 1 is 1.08 bits per heavy atom. The Kier molecular flexibility index (Phi) is 5.49. The number of amides is 1. The molecule has 1 aromatic rings. The highest BCUT2D eigenvalue weighted by atomic mass is 19.4. The molecule has 1 fully saturated rings. The molecule has 2 N–H and O–H groups in total. The number of carbonyl (C=O) groups is 2. The molecule has 1 amide bonds. The van der Waals surface area contributed by atoms with Crippen molar-refractivity contribution in [1.29, 1.82) is 0 Å². The zero-order valence-corrected chi connectivity index (χ0v) is 13.1. The lowest BCUT2D eigenvalue weighted by Gasteiger charge is -2.31. The molecule has 5 nitrogen and oxygen atoms in total. The average Bonchev–Trinajstić information content (AvgIpc) is 2.53. The lowest BCUT2D eigenvalue weighted by atomic mass is 10.0. The van der Waals surface area contributed by atoms with Crippen molar-refractivity contribution in [2.45, 2.75) is 24.8 Å². The van der Waals surface area contributed by atoms with Crippen LogP contribution in [0.15, 0.2) is 18.2 Å². The number of benzene rings is 1. The lowest BCUT2D eigenvalue weighted by molar-refractivity contribution is -0.145. The summed E-state index contributed by atoms with van der Waals surface area (Å²) in [5.74, 6) is -1.95. The van der Waals surface area contributed by atoms with E-state index >= 15 is 0 Å². The van der Waals surface area contributed by atoms with Gasteiger partial charge in [0, 0.05) is 19.6 Å². The number of rotatable bonds is 3. The van der Waals surface area contributed by atoms with Gasteiger partial charge in [0.15, 0.2) is 0 Å². The Bertz CT molecular complexity index is 669. The number of nitrogens with zero attached hydrogens (tertiary/aromatic N) is 1. The summed E-state index contributed by atoms with van der Waals surface area (Å²) >= 11 is 0. The molecule has 26 heavy (non-hydrogen) atoms. The Hall–Kier alpha value is -2.30. The first-order chi connectivity index (χ1) is 11.9. The Morgan fingerprint density at radius 2 is 1.62 bits per heavy atom. The molecule has 144 valence electrons. The summed E-state index contributed by atoms with van der Waals surface area (Å²) in [7, 11) is 0. The summed E-state index contributed by atoms with van der Waals surface area (Å²) in [6, 6.07) is -0.0762. The van der Waals surface area contributed by atoms with E-state index < -0.39 is 53.4 Å². The van der Waals surface area contributed by atoms with Crippen LogP contribution < -0.4 is 5.32 Å². The van der Waals surface area contributed by atoms with Gasteiger partial charge >= 0.3 is 18.3 Å². The van der Waals surface area contributed by atoms with Gasteiger partial charge in [-0.15, -0.1) is 0 Å². The molecule has 2 rings (SSSR count). The number of carbonyl (C=O) groups excluding carboxylic acids is 1. The van der Waals surface area contributed by atoms with E-state index in [-0.39, 0.29) is 25.7 Å². The largest absolute Gasteiger partial charge is 0.480 e. The van der Waals surface area contributed by atoms with Crippen LogP contribution in [-0.2, 0) is 28.4 Å². The van der Waals surface area contributed by atoms with Crippen LogP contribution in [0.1, 0.15) is 16.7 Å². The standard InChI is InChI=1S/C15H14F6N2O3/c16-14(17,18)9-3-8(4-10(6-9)15(19,20)21)5-12(24)23-2-1-22-11(7-23)13(25)26/h3-4,6,11,22H,1-2,5,7H2,(H,25,26)/t11-/m0/s1. The van der Waals surface area contributed by atoms with E-state index in [4.69, 9.17) is 5.11 Å². The van der Waals surface area contributed by atoms with Crippen molar-refractivity contribution in [1.82, 2.24) is 10.2 Å². The van der Waals surface area contributed by atoms with E-state index in [1.807, 2.05) is 0 Å². The van der Waals surface area contributed by atoms with Gasteiger partial charge in [-0.05, 0) is 23.8 Å². The van der Waals surface area contributed by atoms with Gasteiger partial charge in [0.2, 0.25) is 5.91 Å². The van der Waals surface area contributed by atoms with Crippen LogP contribution in [0.25, 0.3) is 0 Å². The molecule has 1 aliphatic heterocycles. The second kappa shape index (κ2) is 7.14. The molecular weight excluding hydrogens is 370 g/mol. The minimum atomic E-state index is -5.00. The van der Waals surface area contributed by atoms with Crippen molar-refractivity contribution in [3.05, 3.63) is 34.9 Å². The second-order valence-corrected chi connectivity index (χ2v) is 5.78. The molecule has 1 aromatic carbocycles. The van der Waals surface area contributed by atoms with Gasteiger partial charge in [0.05, 0.1) is 17.5 Å². The number of carboxylic acid groups (broad SMARTS) is 1. The highest BCUT2D eigenvalue weighted by Crippen LogP contribution is 2.36. The Labute approximate surface area is 143 Å². The molecule has 0 radical (unpaired) electrons. The molecule has 0 unspecified atom stereocenters. The molecule has 1 atom stereocenters.